The van der Waals surface area contributed by atoms with Gasteiger partial charge in [0.2, 0.25) is 11.8 Å². The van der Waals surface area contributed by atoms with Gasteiger partial charge in [0.15, 0.2) is 0 Å². The molecule has 1 saturated heterocycles. The summed E-state index contributed by atoms with van der Waals surface area (Å²) in [5, 5.41) is 2.98. The minimum Gasteiger partial charge on any atom is -0.459 e. The van der Waals surface area contributed by atoms with Crippen LogP contribution in [0.3, 0.4) is 0 Å². The number of hydrogen-bond donors (Lipinski definition) is 1. The van der Waals surface area contributed by atoms with Crippen LogP contribution in [0.25, 0.3) is 0 Å². The molecule has 2 aliphatic rings. The zero-order valence-corrected chi connectivity index (χ0v) is 22.7. The summed E-state index contributed by atoms with van der Waals surface area (Å²) in [7, 11) is 0. The van der Waals surface area contributed by atoms with Crippen molar-refractivity contribution in [1.29, 1.82) is 0 Å². The molecule has 6 heteroatoms. The number of nitrogens with zero attached hydrogens (tertiary/aromatic N) is 1. The number of piperidine rings is 1. The highest BCUT2D eigenvalue weighted by atomic mass is 16.5. The molecule has 1 aliphatic carbocycles. The largest absolute Gasteiger partial charge is 0.459 e. The van der Waals surface area contributed by atoms with Gasteiger partial charge in [0.1, 0.15) is 12.6 Å². The van der Waals surface area contributed by atoms with Crippen molar-refractivity contribution < 1.29 is 19.1 Å². The summed E-state index contributed by atoms with van der Waals surface area (Å²) in [4.78, 5) is 42.6. The number of nitrogens with one attached hydrogen (secondary N) is 1. The first-order valence-electron chi connectivity index (χ1n) is 14.1. The molecule has 4 atom stereocenters. The Balaban J connectivity index is 1.28. The Morgan fingerprint density at radius 2 is 1.50 bits per heavy atom. The Morgan fingerprint density at radius 1 is 0.875 bits per heavy atom. The van der Waals surface area contributed by atoms with E-state index in [-0.39, 0.29) is 24.3 Å². The average molecular weight is 537 g/mol. The lowest BCUT2D eigenvalue weighted by Crippen LogP contribution is -2.54. The molecular weight excluding hydrogens is 500 g/mol. The second kappa shape index (κ2) is 13.2. The summed E-state index contributed by atoms with van der Waals surface area (Å²) in [5.41, 5.74) is 2.99. The number of allylic oxidation sites excluding steroid dienone is 2. The molecule has 0 bridgehead atoms. The van der Waals surface area contributed by atoms with Crippen LogP contribution < -0.4 is 5.32 Å². The van der Waals surface area contributed by atoms with Gasteiger partial charge in [-0.05, 0) is 41.9 Å². The van der Waals surface area contributed by atoms with Crippen LogP contribution >= 0.6 is 0 Å². The molecule has 6 nitrogen and oxygen atoms in total. The van der Waals surface area contributed by atoms with E-state index in [9.17, 15) is 14.4 Å². The van der Waals surface area contributed by atoms with Gasteiger partial charge in [-0.1, -0.05) is 103 Å². The van der Waals surface area contributed by atoms with E-state index in [1.54, 1.807) is 0 Å². The van der Waals surface area contributed by atoms with Crippen LogP contribution in [0.5, 0.6) is 0 Å². The number of likely N-dealkylation sites (tertiary alicyclic amines) is 1. The fourth-order valence-corrected chi connectivity index (χ4v) is 5.77. The van der Waals surface area contributed by atoms with Crippen LogP contribution in [0.1, 0.15) is 29.5 Å². The summed E-state index contributed by atoms with van der Waals surface area (Å²) < 4.78 is 5.63. The first-order valence-corrected chi connectivity index (χ1v) is 14.1. The monoisotopic (exact) mass is 536 g/mol. The van der Waals surface area contributed by atoms with E-state index in [4.69, 9.17) is 4.74 Å². The van der Waals surface area contributed by atoms with Crippen molar-refractivity contribution in [2.24, 2.45) is 17.8 Å². The van der Waals surface area contributed by atoms with Crippen LogP contribution in [0, 0.1) is 17.8 Å². The van der Waals surface area contributed by atoms with Gasteiger partial charge in [0.05, 0.1) is 11.8 Å². The molecule has 206 valence electrons. The number of carbonyl (C=O) groups is 3. The molecule has 0 aromatic heterocycles. The van der Waals surface area contributed by atoms with Crippen molar-refractivity contribution in [3.8, 4) is 0 Å². The normalized spacial score (nSPS) is 20.9. The standard InChI is InChI=1S/C34H36N2O4/c37-32(35-30(23-26-13-6-2-7-14-26)34(39)40-24-27-15-8-3-9-16-27)29-18-10-17-28-20-22-36(33(38)31(28)29)21-19-25-11-4-1-5-12-25/h1-17,28-31H,18-24H2,(H,35,37)/t28-,29-,30+,31+/m1/s1. The highest BCUT2D eigenvalue weighted by Crippen LogP contribution is 2.37. The molecule has 1 aliphatic heterocycles. The number of esters is 1. The number of benzene rings is 3. The molecule has 0 spiro atoms. The van der Waals surface area contributed by atoms with Gasteiger partial charge >= 0.3 is 5.97 Å². The fourth-order valence-electron chi connectivity index (χ4n) is 5.77. The maximum absolute atomic E-state index is 13.7. The average Bonchev–Trinajstić information content (AvgIpc) is 3.00. The van der Waals surface area contributed by atoms with Crippen LogP contribution in [0.15, 0.2) is 103 Å². The van der Waals surface area contributed by atoms with Gasteiger partial charge in [-0.3, -0.25) is 9.59 Å². The van der Waals surface area contributed by atoms with Crippen LogP contribution in [0.4, 0.5) is 0 Å². The van der Waals surface area contributed by atoms with Gasteiger partial charge < -0.3 is 15.0 Å². The predicted molar refractivity (Wildman–Crippen MR) is 154 cm³/mol. The number of amides is 2. The van der Waals surface area contributed by atoms with Crippen LogP contribution in [-0.4, -0.2) is 41.8 Å². The summed E-state index contributed by atoms with van der Waals surface area (Å²) in [6.45, 7) is 1.45. The fraction of sp³-hybridized carbons (Fsp3) is 0.324. The first kappa shape index (κ1) is 27.4. The molecule has 0 saturated carbocycles. The molecular formula is C34H36N2O4. The third-order valence-electron chi connectivity index (χ3n) is 7.95. The van der Waals surface area contributed by atoms with Crippen molar-refractivity contribution in [3.05, 3.63) is 120 Å². The van der Waals surface area contributed by atoms with Gasteiger partial charge in [0.25, 0.3) is 0 Å². The molecule has 3 aromatic carbocycles. The Bertz CT molecular complexity index is 1310. The lowest BCUT2D eigenvalue weighted by molar-refractivity contribution is -0.151. The molecule has 1 fully saturated rings. The van der Waals surface area contributed by atoms with E-state index in [2.05, 4.69) is 23.5 Å². The molecule has 2 amide bonds. The van der Waals surface area contributed by atoms with E-state index < -0.39 is 23.8 Å². The third kappa shape index (κ3) is 6.87. The van der Waals surface area contributed by atoms with Crippen molar-refractivity contribution in [2.75, 3.05) is 13.1 Å². The highest BCUT2D eigenvalue weighted by Gasteiger charge is 2.45. The molecule has 3 aromatic rings. The minimum atomic E-state index is -0.851. The number of ether oxygens (including phenoxy) is 1. The Hall–Kier alpha value is -4.19. The van der Waals surface area contributed by atoms with E-state index >= 15 is 0 Å². The minimum absolute atomic E-state index is 0.0302. The summed E-state index contributed by atoms with van der Waals surface area (Å²) >= 11 is 0. The maximum atomic E-state index is 13.7. The first-order chi connectivity index (χ1) is 19.6. The van der Waals surface area contributed by atoms with Crippen molar-refractivity contribution >= 4 is 17.8 Å². The van der Waals surface area contributed by atoms with Crippen LogP contribution in [-0.2, 0) is 38.6 Å². The molecule has 1 N–H and O–H groups in total. The van der Waals surface area contributed by atoms with E-state index in [1.165, 1.54) is 5.56 Å². The Labute approximate surface area is 236 Å². The highest BCUT2D eigenvalue weighted by molar-refractivity contribution is 5.91. The topological polar surface area (TPSA) is 75.7 Å². The number of hydrogen-bond acceptors (Lipinski definition) is 4. The summed E-state index contributed by atoms with van der Waals surface area (Å²) in [6.07, 6.45) is 6.51. The zero-order valence-electron chi connectivity index (χ0n) is 22.7. The van der Waals surface area contributed by atoms with Gasteiger partial charge in [0, 0.05) is 19.5 Å². The lowest BCUT2D eigenvalue weighted by atomic mass is 9.71. The quantitative estimate of drug-likeness (QED) is 0.300. The summed E-state index contributed by atoms with van der Waals surface area (Å²) in [5.74, 6) is -1.64. The van der Waals surface area contributed by atoms with E-state index in [0.29, 0.717) is 25.9 Å². The van der Waals surface area contributed by atoms with Crippen molar-refractivity contribution in [1.82, 2.24) is 10.2 Å². The number of fused-ring (bicyclic) bond motifs is 1. The second-order valence-electron chi connectivity index (χ2n) is 10.7. The maximum Gasteiger partial charge on any atom is 0.329 e. The van der Waals surface area contributed by atoms with E-state index in [1.807, 2.05) is 89.8 Å². The van der Waals surface area contributed by atoms with Gasteiger partial charge in [-0.25, -0.2) is 4.79 Å². The number of carbonyl (C=O) groups excluding carboxylic acids is 3. The van der Waals surface area contributed by atoms with Crippen molar-refractivity contribution in [2.45, 2.75) is 38.3 Å². The smallest absolute Gasteiger partial charge is 0.329 e. The summed E-state index contributed by atoms with van der Waals surface area (Å²) in [6, 6.07) is 28.4. The second-order valence-corrected chi connectivity index (χ2v) is 10.7. The molecule has 0 unspecified atom stereocenters. The SMILES string of the molecule is O=C(OCc1ccccc1)[C@H](Cc1ccccc1)NC(=O)[C@@H]1CC=C[C@@H]2CCN(CCc3ccccc3)C(=O)[C@@H]21. The number of rotatable bonds is 10. The third-order valence-corrected chi connectivity index (χ3v) is 7.95. The van der Waals surface area contributed by atoms with E-state index in [0.717, 1.165) is 24.0 Å². The Kier molecular flexibility index (Phi) is 9.07. The predicted octanol–water partition coefficient (Wildman–Crippen LogP) is 4.74. The molecule has 5 rings (SSSR count). The molecule has 0 radical (unpaired) electrons. The zero-order chi connectivity index (χ0) is 27.7. The molecule has 40 heavy (non-hydrogen) atoms. The van der Waals surface area contributed by atoms with Gasteiger partial charge in [-0.2, -0.15) is 0 Å². The lowest BCUT2D eigenvalue weighted by Gasteiger charge is -2.42. The Morgan fingerprint density at radius 3 is 2.17 bits per heavy atom. The van der Waals surface area contributed by atoms with Crippen molar-refractivity contribution in [3.63, 3.8) is 0 Å². The van der Waals surface area contributed by atoms with Gasteiger partial charge in [-0.15, -0.1) is 0 Å². The van der Waals surface area contributed by atoms with Crippen LogP contribution in [0.2, 0.25) is 0 Å². The molecule has 1 heterocycles.